The van der Waals surface area contributed by atoms with E-state index in [1.807, 2.05) is 37.3 Å². The summed E-state index contributed by atoms with van der Waals surface area (Å²) in [5.41, 5.74) is 0.837. The lowest BCUT2D eigenvalue weighted by Crippen LogP contribution is -2.39. The van der Waals surface area contributed by atoms with Gasteiger partial charge in [-0.2, -0.15) is 0 Å². The molecule has 0 N–H and O–H groups in total. The molecule has 0 amide bonds. The Kier molecular flexibility index (Phi) is 4.32. The predicted molar refractivity (Wildman–Crippen MR) is 70.3 cm³/mol. The zero-order valence-electron chi connectivity index (χ0n) is 10.6. The first-order valence-electron chi connectivity index (χ1n) is 6.62. The SMILES string of the molecule is C[C@H](C(=O)c1ccccc1)N1CCCCCC1. The fourth-order valence-corrected chi connectivity index (χ4v) is 2.49. The van der Waals surface area contributed by atoms with Crippen LogP contribution >= 0.6 is 0 Å². The zero-order chi connectivity index (χ0) is 12.1. The highest BCUT2D eigenvalue weighted by atomic mass is 16.1. The standard InChI is InChI=1S/C15H21NO/c1-13(16-11-7-2-3-8-12-16)15(17)14-9-5-4-6-10-14/h4-6,9-10,13H,2-3,7-8,11-12H2,1H3/t13-/m1/s1. The minimum Gasteiger partial charge on any atom is -0.294 e. The van der Waals surface area contributed by atoms with Crippen LogP contribution in [0.25, 0.3) is 0 Å². The summed E-state index contributed by atoms with van der Waals surface area (Å²) in [5, 5.41) is 0. The van der Waals surface area contributed by atoms with E-state index in [2.05, 4.69) is 4.90 Å². The number of Topliss-reactive ketones (excluding diaryl/α,β-unsaturated/α-hetero) is 1. The van der Waals surface area contributed by atoms with Crippen molar-refractivity contribution in [2.24, 2.45) is 0 Å². The highest BCUT2D eigenvalue weighted by molar-refractivity contribution is 5.99. The van der Waals surface area contributed by atoms with E-state index >= 15 is 0 Å². The van der Waals surface area contributed by atoms with Crippen LogP contribution in [0.5, 0.6) is 0 Å². The van der Waals surface area contributed by atoms with Gasteiger partial charge in [0.25, 0.3) is 0 Å². The van der Waals surface area contributed by atoms with E-state index in [4.69, 9.17) is 0 Å². The fraction of sp³-hybridized carbons (Fsp3) is 0.533. The first-order valence-corrected chi connectivity index (χ1v) is 6.62. The van der Waals surface area contributed by atoms with Crippen LogP contribution in [0.3, 0.4) is 0 Å². The van der Waals surface area contributed by atoms with Gasteiger partial charge in [-0.25, -0.2) is 0 Å². The van der Waals surface area contributed by atoms with E-state index in [-0.39, 0.29) is 11.8 Å². The molecule has 2 rings (SSSR count). The van der Waals surface area contributed by atoms with Gasteiger partial charge in [-0.1, -0.05) is 43.2 Å². The largest absolute Gasteiger partial charge is 0.294 e. The first-order chi connectivity index (χ1) is 8.29. The summed E-state index contributed by atoms with van der Waals surface area (Å²) in [5.74, 6) is 0.257. The van der Waals surface area contributed by atoms with Crippen molar-refractivity contribution in [3.8, 4) is 0 Å². The summed E-state index contributed by atoms with van der Waals surface area (Å²) in [4.78, 5) is 14.7. The normalized spacial score (nSPS) is 19.6. The minimum absolute atomic E-state index is 0.0236. The third-order valence-corrected chi connectivity index (χ3v) is 3.63. The predicted octanol–water partition coefficient (Wildman–Crippen LogP) is 3.13. The maximum absolute atomic E-state index is 12.3. The van der Waals surface area contributed by atoms with E-state index in [0.29, 0.717) is 0 Å². The Morgan fingerprint density at radius 1 is 1.06 bits per heavy atom. The number of carbonyl (C=O) groups excluding carboxylic acids is 1. The van der Waals surface area contributed by atoms with Crippen molar-refractivity contribution in [3.05, 3.63) is 35.9 Å². The van der Waals surface area contributed by atoms with Gasteiger partial charge in [0.1, 0.15) is 0 Å². The van der Waals surface area contributed by atoms with Crippen molar-refractivity contribution in [1.29, 1.82) is 0 Å². The number of carbonyl (C=O) groups is 1. The molecular weight excluding hydrogens is 210 g/mol. The van der Waals surface area contributed by atoms with Gasteiger partial charge in [-0.05, 0) is 32.9 Å². The van der Waals surface area contributed by atoms with Gasteiger partial charge in [0, 0.05) is 5.56 Å². The summed E-state index contributed by atoms with van der Waals surface area (Å²) in [6.45, 7) is 4.18. The molecule has 2 heteroatoms. The van der Waals surface area contributed by atoms with E-state index in [9.17, 15) is 4.79 Å². The average Bonchev–Trinajstić information content (AvgIpc) is 2.67. The summed E-state index contributed by atoms with van der Waals surface area (Å²) in [6.07, 6.45) is 5.07. The molecule has 0 saturated carbocycles. The molecule has 1 atom stereocenters. The smallest absolute Gasteiger partial charge is 0.179 e. The van der Waals surface area contributed by atoms with Gasteiger partial charge in [0.15, 0.2) is 5.78 Å². The molecule has 1 fully saturated rings. The maximum atomic E-state index is 12.3. The Hall–Kier alpha value is -1.15. The maximum Gasteiger partial charge on any atom is 0.179 e. The number of nitrogens with zero attached hydrogens (tertiary/aromatic N) is 1. The van der Waals surface area contributed by atoms with E-state index in [1.54, 1.807) is 0 Å². The second-order valence-corrected chi connectivity index (χ2v) is 4.86. The Morgan fingerprint density at radius 3 is 2.24 bits per heavy atom. The monoisotopic (exact) mass is 231 g/mol. The molecule has 2 nitrogen and oxygen atoms in total. The molecule has 1 aromatic rings. The molecule has 92 valence electrons. The Labute approximate surface area is 104 Å². The van der Waals surface area contributed by atoms with E-state index < -0.39 is 0 Å². The summed E-state index contributed by atoms with van der Waals surface area (Å²) in [6, 6.07) is 9.67. The van der Waals surface area contributed by atoms with Gasteiger partial charge in [0.2, 0.25) is 0 Å². The van der Waals surface area contributed by atoms with Crippen LogP contribution in [0.2, 0.25) is 0 Å². The van der Waals surface area contributed by atoms with Crippen LogP contribution in [0.15, 0.2) is 30.3 Å². The van der Waals surface area contributed by atoms with Crippen LogP contribution in [-0.4, -0.2) is 29.8 Å². The fourth-order valence-electron chi connectivity index (χ4n) is 2.49. The quantitative estimate of drug-likeness (QED) is 0.745. The van der Waals surface area contributed by atoms with Crippen LogP contribution in [-0.2, 0) is 0 Å². The Bertz CT molecular complexity index is 352. The third kappa shape index (κ3) is 3.16. The number of hydrogen-bond donors (Lipinski definition) is 0. The number of likely N-dealkylation sites (tertiary alicyclic amines) is 1. The third-order valence-electron chi connectivity index (χ3n) is 3.63. The van der Waals surface area contributed by atoms with Crippen LogP contribution < -0.4 is 0 Å². The molecular formula is C15H21NO. The second-order valence-electron chi connectivity index (χ2n) is 4.86. The highest BCUT2D eigenvalue weighted by Crippen LogP contribution is 2.15. The highest BCUT2D eigenvalue weighted by Gasteiger charge is 2.22. The van der Waals surface area contributed by atoms with Crippen LogP contribution in [0.1, 0.15) is 43.0 Å². The van der Waals surface area contributed by atoms with Gasteiger partial charge < -0.3 is 0 Å². The average molecular weight is 231 g/mol. The number of benzene rings is 1. The second kappa shape index (κ2) is 5.97. The molecule has 1 saturated heterocycles. The lowest BCUT2D eigenvalue weighted by atomic mass is 10.0. The molecule has 0 radical (unpaired) electrons. The molecule has 0 bridgehead atoms. The lowest BCUT2D eigenvalue weighted by molar-refractivity contribution is 0.0843. The lowest BCUT2D eigenvalue weighted by Gasteiger charge is -2.26. The molecule has 0 aromatic heterocycles. The van der Waals surface area contributed by atoms with Crippen molar-refractivity contribution in [1.82, 2.24) is 4.90 Å². The topological polar surface area (TPSA) is 20.3 Å². The number of hydrogen-bond acceptors (Lipinski definition) is 2. The van der Waals surface area contributed by atoms with Gasteiger partial charge in [-0.15, -0.1) is 0 Å². The van der Waals surface area contributed by atoms with Crippen molar-refractivity contribution in [2.75, 3.05) is 13.1 Å². The molecule has 1 heterocycles. The Balaban J connectivity index is 2.03. The van der Waals surface area contributed by atoms with Crippen molar-refractivity contribution in [2.45, 2.75) is 38.6 Å². The van der Waals surface area contributed by atoms with Crippen molar-refractivity contribution < 1.29 is 4.79 Å². The van der Waals surface area contributed by atoms with Crippen molar-refractivity contribution >= 4 is 5.78 Å². The number of ketones is 1. The van der Waals surface area contributed by atoms with Crippen molar-refractivity contribution in [3.63, 3.8) is 0 Å². The molecule has 1 aliphatic heterocycles. The molecule has 17 heavy (non-hydrogen) atoms. The van der Waals surface area contributed by atoms with Crippen LogP contribution in [0, 0.1) is 0 Å². The summed E-state index contributed by atoms with van der Waals surface area (Å²) in [7, 11) is 0. The van der Waals surface area contributed by atoms with Gasteiger partial charge in [0.05, 0.1) is 6.04 Å². The Morgan fingerprint density at radius 2 is 1.65 bits per heavy atom. The van der Waals surface area contributed by atoms with Gasteiger partial charge >= 0.3 is 0 Å². The minimum atomic E-state index is 0.0236. The van der Waals surface area contributed by atoms with E-state index in [0.717, 1.165) is 18.7 Å². The summed E-state index contributed by atoms with van der Waals surface area (Å²) >= 11 is 0. The number of rotatable bonds is 3. The molecule has 0 unspecified atom stereocenters. The van der Waals surface area contributed by atoms with Crippen LogP contribution in [0.4, 0.5) is 0 Å². The molecule has 1 aromatic carbocycles. The molecule has 0 aliphatic carbocycles. The summed E-state index contributed by atoms with van der Waals surface area (Å²) < 4.78 is 0. The molecule has 0 spiro atoms. The first kappa shape index (κ1) is 12.3. The molecule has 1 aliphatic rings. The zero-order valence-corrected chi connectivity index (χ0v) is 10.6. The van der Waals surface area contributed by atoms with Gasteiger partial charge in [-0.3, -0.25) is 9.69 Å². The van der Waals surface area contributed by atoms with E-state index in [1.165, 1.54) is 25.7 Å².